The molecule has 1 aromatic rings. The first-order valence-corrected chi connectivity index (χ1v) is 9.14. The Balaban J connectivity index is 1.67. The van der Waals surface area contributed by atoms with Crippen LogP contribution >= 0.6 is 0 Å². The van der Waals surface area contributed by atoms with Crippen molar-refractivity contribution in [3.63, 3.8) is 0 Å². The highest BCUT2D eigenvalue weighted by molar-refractivity contribution is 7.88. The Morgan fingerprint density at radius 2 is 1.71 bits per heavy atom. The van der Waals surface area contributed by atoms with E-state index in [0.717, 1.165) is 12.8 Å². The van der Waals surface area contributed by atoms with E-state index in [9.17, 15) is 13.2 Å². The second-order valence-corrected chi connectivity index (χ2v) is 7.87. The third kappa shape index (κ3) is 2.96. The first-order chi connectivity index (χ1) is 9.95. The van der Waals surface area contributed by atoms with Crippen molar-refractivity contribution in [1.82, 2.24) is 9.62 Å². The summed E-state index contributed by atoms with van der Waals surface area (Å²) in [5.41, 5.74) is 0.649. The molecule has 2 saturated heterocycles. The Morgan fingerprint density at radius 3 is 2.24 bits per heavy atom. The van der Waals surface area contributed by atoms with Gasteiger partial charge in [-0.3, -0.25) is 4.79 Å². The standard InChI is InChI=1S/C15H20N2O3S/c1-21(19,20)17-13-7-8-14(17)10-12(9-13)16-15(18)11-5-3-2-4-6-11/h2-6,12-14H,7-10H2,1H3,(H,16,18). The fourth-order valence-corrected chi connectivity index (χ4v) is 5.12. The average molecular weight is 308 g/mol. The molecule has 0 aromatic heterocycles. The number of nitrogens with one attached hydrogen (secondary N) is 1. The number of nitrogens with zero attached hydrogens (tertiary/aromatic N) is 1. The quantitative estimate of drug-likeness (QED) is 0.917. The van der Waals surface area contributed by atoms with Gasteiger partial charge >= 0.3 is 0 Å². The zero-order valence-electron chi connectivity index (χ0n) is 12.0. The summed E-state index contributed by atoms with van der Waals surface area (Å²) < 4.78 is 25.3. The smallest absolute Gasteiger partial charge is 0.251 e. The molecule has 21 heavy (non-hydrogen) atoms. The Kier molecular flexibility index (Phi) is 3.75. The maximum absolute atomic E-state index is 12.2. The molecule has 114 valence electrons. The van der Waals surface area contributed by atoms with Crippen LogP contribution in [0.15, 0.2) is 30.3 Å². The molecule has 0 radical (unpaired) electrons. The number of fused-ring (bicyclic) bond motifs is 2. The molecule has 2 bridgehead atoms. The first kappa shape index (κ1) is 14.5. The number of sulfonamides is 1. The maximum atomic E-state index is 12.2. The molecular formula is C15H20N2O3S. The fourth-order valence-electron chi connectivity index (χ4n) is 3.65. The van der Waals surface area contributed by atoms with Gasteiger partial charge in [-0.15, -0.1) is 0 Å². The predicted molar refractivity (Wildman–Crippen MR) is 80.4 cm³/mol. The van der Waals surface area contributed by atoms with Gasteiger partial charge in [0.2, 0.25) is 10.0 Å². The minimum atomic E-state index is -3.15. The molecule has 3 rings (SSSR count). The molecule has 0 spiro atoms. The summed E-state index contributed by atoms with van der Waals surface area (Å²) >= 11 is 0. The van der Waals surface area contributed by atoms with Crippen molar-refractivity contribution in [2.24, 2.45) is 0 Å². The molecule has 1 N–H and O–H groups in total. The Morgan fingerprint density at radius 1 is 1.14 bits per heavy atom. The summed E-state index contributed by atoms with van der Waals surface area (Å²) in [6, 6.07) is 9.27. The van der Waals surface area contributed by atoms with Crippen LogP contribution in [-0.4, -0.2) is 43.0 Å². The summed E-state index contributed by atoms with van der Waals surface area (Å²) in [4.78, 5) is 12.2. The van der Waals surface area contributed by atoms with Crippen LogP contribution in [0.4, 0.5) is 0 Å². The number of carbonyl (C=O) groups is 1. The maximum Gasteiger partial charge on any atom is 0.251 e. The van der Waals surface area contributed by atoms with Crippen molar-refractivity contribution in [2.75, 3.05) is 6.26 Å². The summed E-state index contributed by atoms with van der Waals surface area (Å²) in [5, 5.41) is 3.05. The van der Waals surface area contributed by atoms with Crippen LogP contribution in [-0.2, 0) is 10.0 Å². The number of carbonyl (C=O) groups excluding carboxylic acids is 1. The van der Waals surface area contributed by atoms with E-state index < -0.39 is 10.0 Å². The number of hydrogen-bond donors (Lipinski definition) is 1. The summed E-state index contributed by atoms with van der Waals surface area (Å²) in [6.45, 7) is 0. The molecule has 1 aromatic carbocycles. The van der Waals surface area contributed by atoms with Crippen LogP contribution < -0.4 is 5.32 Å². The molecule has 2 aliphatic heterocycles. The minimum Gasteiger partial charge on any atom is -0.349 e. The highest BCUT2D eigenvalue weighted by Crippen LogP contribution is 2.37. The van der Waals surface area contributed by atoms with Gasteiger partial charge in [-0.25, -0.2) is 8.42 Å². The molecule has 5 nitrogen and oxygen atoms in total. The van der Waals surface area contributed by atoms with Crippen LogP contribution in [0.3, 0.4) is 0 Å². The van der Waals surface area contributed by atoms with E-state index in [-0.39, 0.29) is 24.0 Å². The fraction of sp³-hybridized carbons (Fsp3) is 0.533. The van der Waals surface area contributed by atoms with Gasteiger partial charge in [0.25, 0.3) is 5.91 Å². The number of hydrogen-bond acceptors (Lipinski definition) is 3. The lowest BCUT2D eigenvalue weighted by atomic mass is 9.99. The zero-order chi connectivity index (χ0) is 15.0. The van der Waals surface area contributed by atoms with Gasteiger partial charge in [0, 0.05) is 23.7 Å². The van der Waals surface area contributed by atoms with Crippen LogP contribution in [0, 0.1) is 0 Å². The van der Waals surface area contributed by atoms with Crippen LogP contribution in [0.5, 0.6) is 0 Å². The summed E-state index contributed by atoms with van der Waals surface area (Å²) in [6.07, 6.45) is 4.50. The van der Waals surface area contributed by atoms with Gasteiger partial charge in [0.1, 0.15) is 0 Å². The number of piperidine rings is 1. The van der Waals surface area contributed by atoms with Crippen molar-refractivity contribution in [1.29, 1.82) is 0 Å². The van der Waals surface area contributed by atoms with E-state index in [1.807, 2.05) is 18.2 Å². The predicted octanol–water partition coefficient (Wildman–Crippen LogP) is 1.37. The molecular weight excluding hydrogens is 288 g/mol. The van der Waals surface area contributed by atoms with Crippen LogP contribution in [0.25, 0.3) is 0 Å². The van der Waals surface area contributed by atoms with Crippen molar-refractivity contribution >= 4 is 15.9 Å². The summed E-state index contributed by atoms with van der Waals surface area (Å²) in [5.74, 6) is -0.0761. The third-order valence-electron chi connectivity index (χ3n) is 4.42. The molecule has 0 aliphatic carbocycles. The van der Waals surface area contributed by atoms with E-state index in [2.05, 4.69) is 5.32 Å². The molecule has 6 heteroatoms. The van der Waals surface area contributed by atoms with Gasteiger partial charge in [-0.1, -0.05) is 18.2 Å². The van der Waals surface area contributed by atoms with E-state index in [4.69, 9.17) is 0 Å². The van der Waals surface area contributed by atoms with Gasteiger partial charge in [-0.2, -0.15) is 4.31 Å². The number of benzene rings is 1. The zero-order valence-corrected chi connectivity index (χ0v) is 12.8. The monoisotopic (exact) mass is 308 g/mol. The normalized spacial score (nSPS) is 29.3. The van der Waals surface area contributed by atoms with Gasteiger partial charge in [-0.05, 0) is 37.8 Å². The number of amides is 1. The van der Waals surface area contributed by atoms with E-state index >= 15 is 0 Å². The Labute approximate surface area is 125 Å². The molecule has 0 saturated carbocycles. The van der Waals surface area contributed by atoms with Crippen molar-refractivity contribution in [3.8, 4) is 0 Å². The largest absolute Gasteiger partial charge is 0.349 e. The lowest BCUT2D eigenvalue weighted by molar-refractivity contribution is 0.0909. The van der Waals surface area contributed by atoms with Gasteiger partial charge < -0.3 is 5.32 Å². The van der Waals surface area contributed by atoms with E-state index in [0.29, 0.717) is 18.4 Å². The molecule has 2 heterocycles. The van der Waals surface area contributed by atoms with E-state index in [1.165, 1.54) is 6.26 Å². The second-order valence-electron chi connectivity index (χ2n) is 5.99. The Bertz CT molecular complexity index is 616. The van der Waals surface area contributed by atoms with Gasteiger partial charge in [0.05, 0.1) is 6.26 Å². The summed E-state index contributed by atoms with van der Waals surface area (Å²) in [7, 11) is -3.15. The van der Waals surface area contributed by atoms with Gasteiger partial charge in [0.15, 0.2) is 0 Å². The third-order valence-corrected chi connectivity index (χ3v) is 5.78. The lowest BCUT2D eigenvalue weighted by Crippen LogP contribution is -2.52. The lowest BCUT2D eigenvalue weighted by Gasteiger charge is -2.37. The SMILES string of the molecule is CS(=O)(=O)N1C2CCC1CC(NC(=O)c1ccccc1)C2. The molecule has 1 amide bonds. The molecule has 2 fully saturated rings. The molecule has 2 atom stereocenters. The molecule has 2 aliphatic rings. The van der Waals surface area contributed by atoms with Crippen LogP contribution in [0.2, 0.25) is 0 Å². The number of rotatable bonds is 3. The van der Waals surface area contributed by atoms with Crippen molar-refractivity contribution in [3.05, 3.63) is 35.9 Å². The van der Waals surface area contributed by atoms with E-state index in [1.54, 1.807) is 16.4 Å². The topological polar surface area (TPSA) is 66.5 Å². The highest BCUT2D eigenvalue weighted by Gasteiger charge is 2.45. The average Bonchev–Trinajstić information content (AvgIpc) is 2.72. The second kappa shape index (κ2) is 5.42. The van der Waals surface area contributed by atoms with Crippen molar-refractivity contribution in [2.45, 2.75) is 43.8 Å². The van der Waals surface area contributed by atoms with Crippen LogP contribution in [0.1, 0.15) is 36.0 Å². The minimum absolute atomic E-state index is 0.0415. The van der Waals surface area contributed by atoms with Crippen molar-refractivity contribution < 1.29 is 13.2 Å². The highest BCUT2D eigenvalue weighted by atomic mass is 32.2. The Hall–Kier alpha value is -1.40. The molecule has 2 unspecified atom stereocenters. The first-order valence-electron chi connectivity index (χ1n) is 7.29.